The van der Waals surface area contributed by atoms with Gasteiger partial charge in [-0.25, -0.2) is 9.97 Å². The molecule has 1 aliphatic heterocycles. The van der Waals surface area contributed by atoms with Gasteiger partial charge in [0.15, 0.2) is 0 Å². The van der Waals surface area contributed by atoms with Crippen molar-refractivity contribution >= 4 is 22.9 Å². The molecule has 0 bridgehead atoms. The third-order valence-corrected chi connectivity index (χ3v) is 4.16. The second-order valence-electron chi connectivity index (χ2n) is 5.53. The number of hydrogen-bond acceptors (Lipinski definition) is 3. The van der Waals surface area contributed by atoms with Gasteiger partial charge in [-0.05, 0) is 30.5 Å². The Morgan fingerprint density at radius 1 is 1.38 bits per heavy atom. The summed E-state index contributed by atoms with van der Waals surface area (Å²) in [5.74, 6) is 1.41. The molecule has 0 unspecified atom stereocenters. The minimum absolute atomic E-state index is 0.157. The van der Waals surface area contributed by atoms with E-state index in [9.17, 15) is 4.79 Å². The van der Waals surface area contributed by atoms with Gasteiger partial charge in [-0.2, -0.15) is 0 Å². The molecule has 2 aromatic rings. The molecule has 1 amide bonds. The van der Waals surface area contributed by atoms with Crippen LogP contribution in [0.3, 0.4) is 0 Å². The fourth-order valence-electron chi connectivity index (χ4n) is 2.84. The number of carbonyl (C=O) groups excluding carboxylic acids is 1. The van der Waals surface area contributed by atoms with Crippen LogP contribution in [0.25, 0.3) is 17.0 Å². The lowest BCUT2D eigenvalue weighted by molar-refractivity contribution is -0.129. The van der Waals surface area contributed by atoms with Crippen LogP contribution in [0, 0.1) is 0 Å². The van der Waals surface area contributed by atoms with Crippen molar-refractivity contribution < 1.29 is 4.79 Å². The van der Waals surface area contributed by atoms with Gasteiger partial charge < -0.3 is 4.90 Å². The number of benzene rings is 1. The fraction of sp³-hybridized carbons (Fsp3) is 0.353. The first-order chi connectivity index (χ1) is 10.2. The molecule has 4 heteroatoms. The lowest BCUT2D eigenvalue weighted by atomic mass is 9.95. The maximum Gasteiger partial charge on any atom is 0.219 e. The molecule has 0 atom stereocenters. The Hall–Kier alpha value is -2.23. The molecule has 1 aliphatic rings. The lowest BCUT2D eigenvalue weighted by Gasteiger charge is -2.30. The second-order valence-corrected chi connectivity index (χ2v) is 5.53. The molecule has 21 heavy (non-hydrogen) atoms. The molecule has 4 nitrogen and oxygen atoms in total. The number of aromatic nitrogens is 2. The van der Waals surface area contributed by atoms with Crippen molar-refractivity contribution in [3.63, 3.8) is 0 Å². The summed E-state index contributed by atoms with van der Waals surface area (Å²) in [6, 6.07) is 6.08. The first-order valence-corrected chi connectivity index (χ1v) is 7.32. The maximum absolute atomic E-state index is 11.4. The summed E-state index contributed by atoms with van der Waals surface area (Å²) in [4.78, 5) is 22.5. The molecule has 108 valence electrons. The van der Waals surface area contributed by atoms with E-state index in [4.69, 9.17) is 4.98 Å². The number of nitrogens with zero attached hydrogens (tertiary/aromatic N) is 3. The van der Waals surface area contributed by atoms with Gasteiger partial charge in [-0.3, -0.25) is 4.79 Å². The lowest BCUT2D eigenvalue weighted by Crippen LogP contribution is -2.36. The number of carbonyl (C=O) groups is 1. The van der Waals surface area contributed by atoms with E-state index in [1.807, 2.05) is 35.4 Å². The summed E-state index contributed by atoms with van der Waals surface area (Å²) in [5, 5.41) is 1.04. The molecule has 0 saturated carbocycles. The zero-order chi connectivity index (χ0) is 14.8. The van der Waals surface area contributed by atoms with Crippen LogP contribution in [0.4, 0.5) is 0 Å². The molecular weight excluding hydrogens is 262 g/mol. The van der Waals surface area contributed by atoms with Crippen LogP contribution < -0.4 is 0 Å². The van der Waals surface area contributed by atoms with Crippen molar-refractivity contribution in [1.82, 2.24) is 14.9 Å². The summed E-state index contributed by atoms with van der Waals surface area (Å²) < 4.78 is 0. The first-order valence-electron chi connectivity index (χ1n) is 7.32. The molecular formula is C17H19N3O. The zero-order valence-electron chi connectivity index (χ0n) is 12.2. The Balaban J connectivity index is 1.82. The van der Waals surface area contributed by atoms with Gasteiger partial charge in [-0.1, -0.05) is 18.7 Å². The highest BCUT2D eigenvalue weighted by atomic mass is 16.2. The number of hydrogen-bond donors (Lipinski definition) is 0. The Kier molecular flexibility index (Phi) is 3.69. The smallest absolute Gasteiger partial charge is 0.219 e. The zero-order valence-corrected chi connectivity index (χ0v) is 12.2. The van der Waals surface area contributed by atoms with E-state index in [-0.39, 0.29) is 5.91 Å². The van der Waals surface area contributed by atoms with Crippen molar-refractivity contribution in [2.75, 3.05) is 13.1 Å². The van der Waals surface area contributed by atoms with Crippen LogP contribution in [0.1, 0.15) is 37.1 Å². The minimum atomic E-state index is 0.157. The van der Waals surface area contributed by atoms with Gasteiger partial charge in [0.05, 0.1) is 5.52 Å². The minimum Gasteiger partial charge on any atom is -0.343 e. The number of piperidine rings is 1. The average Bonchev–Trinajstić information content (AvgIpc) is 2.54. The van der Waals surface area contributed by atoms with Crippen LogP contribution in [-0.4, -0.2) is 33.9 Å². The van der Waals surface area contributed by atoms with Crippen molar-refractivity contribution in [2.45, 2.75) is 25.7 Å². The first kappa shape index (κ1) is 13.7. The Bertz CT molecular complexity index is 687. The van der Waals surface area contributed by atoms with Crippen molar-refractivity contribution in [3.8, 4) is 0 Å². The van der Waals surface area contributed by atoms with Crippen molar-refractivity contribution in [2.24, 2.45) is 0 Å². The van der Waals surface area contributed by atoms with E-state index in [0.717, 1.165) is 48.2 Å². The van der Waals surface area contributed by atoms with Crippen LogP contribution in [-0.2, 0) is 4.79 Å². The largest absolute Gasteiger partial charge is 0.343 e. The Morgan fingerprint density at radius 3 is 2.81 bits per heavy atom. The third-order valence-electron chi connectivity index (χ3n) is 4.16. The van der Waals surface area contributed by atoms with Crippen LogP contribution in [0.5, 0.6) is 0 Å². The molecule has 3 rings (SSSR count). The van der Waals surface area contributed by atoms with E-state index in [0.29, 0.717) is 5.92 Å². The summed E-state index contributed by atoms with van der Waals surface area (Å²) >= 11 is 0. The predicted molar refractivity (Wildman–Crippen MR) is 83.9 cm³/mol. The molecule has 1 aromatic heterocycles. The summed E-state index contributed by atoms with van der Waals surface area (Å²) in [6.45, 7) is 7.01. The Labute approximate surface area is 124 Å². The monoisotopic (exact) mass is 281 g/mol. The molecule has 1 aromatic carbocycles. The summed E-state index contributed by atoms with van der Waals surface area (Å²) in [7, 11) is 0. The molecule has 0 N–H and O–H groups in total. The highest BCUT2D eigenvalue weighted by molar-refractivity contribution is 5.80. The van der Waals surface area contributed by atoms with E-state index in [1.165, 1.54) is 0 Å². The van der Waals surface area contributed by atoms with Crippen molar-refractivity contribution in [3.05, 3.63) is 42.4 Å². The number of fused-ring (bicyclic) bond motifs is 1. The fourth-order valence-corrected chi connectivity index (χ4v) is 2.84. The highest BCUT2D eigenvalue weighted by Gasteiger charge is 2.23. The summed E-state index contributed by atoms with van der Waals surface area (Å²) in [6.07, 6.45) is 5.60. The number of amides is 1. The molecule has 1 fully saturated rings. The molecule has 1 saturated heterocycles. The van der Waals surface area contributed by atoms with Crippen LogP contribution >= 0.6 is 0 Å². The third kappa shape index (κ3) is 2.79. The van der Waals surface area contributed by atoms with Crippen LogP contribution in [0.15, 0.2) is 31.0 Å². The van der Waals surface area contributed by atoms with Gasteiger partial charge in [0, 0.05) is 37.5 Å². The van der Waals surface area contributed by atoms with E-state index >= 15 is 0 Å². The topological polar surface area (TPSA) is 46.1 Å². The van der Waals surface area contributed by atoms with Gasteiger partial charge in [0.25, 0.3) is 0 Å². The number of likely N-dealkylation sites (tertiary alicyclic amines) is 1. The molecule has 0 spiro atoms. The quantitative estimate of drug-likeness (QED) is 0.850. The Morgan fingerprint density at radius 2 is 2.14 bits per heavy atom. The van der Waals surface area contributed by atoms with Gasteiger partial charge in [0.2, 0.25) is 5.91 Å². The van der Waals surface area contributed by atoms with E-state index in [1.54, 1.807) is 6.92 Å². The molecule has 0 aliphatic carbocycles. The normalized spacial score (nSPS) is 16.1. The standard InChI is InChI=1S/C17H19N3O/c1-3-13-4-5-16-15(10-13)11-18-17(19-16)14-6-8-20(9-7-14)12(2)21/h3-5,10-11,14H,1,6-9H2,2H3. The van der Waals surface area contributed by atoms with E-state index < -0.39 is 0 Å². The predicted octanol–water partition coefficient (Wildman–Crippen LogP) is 3.00. The van der Waals surface area contributed by atoms with Gasteiger partial charge in [0.1, 0.15) is 5.82 Å². The maximum atomic E-state index is 11.4. The SMILES string of the molecule is C=Cc1ccc2nc(C3CCN(C(C)=O)CC3)ncc2c1. The van der Waals surface area contributed by atoms with Crippen LogP contribution in [0.2, 0.25) is 0 Å². The summed E-state index contributed by atoms with van der Waals surface area (Å²) in [5.41, 5.74) is 2.05. The van der Waals surface area contributed by atoms with Gasteiger partial charge in [-0.15, -0.1) is 0 Å². The number of rotatable bonds is 2. The average molecular weight is 281 g/mol. The second kappa shape index (κ2) is 5.64. The van der Waals surface area contributed by atoms with Crippen molar-refractivity contribution in [1.29, 1.82) is 0 Å². The highest BCUT2D eigenvalue weighted by Crippen LogP contribution is 2.26. The van der Waals surface area contributed by atoms with E-state index in [2.05, 4.69) is 11.6 Å². The molecule has 2 heterocycles. The molecule has 0 radical (unpaired) electrons. The van der Waals surface area contributed by atoms with Gasteiger partial charge >= 0.3 is 0 Å².